The van der Waals surface area contributed by atoms with Crippen LogP contribution in [0.3, 0.4) is 0 Å². The van der Waals surface area contributed by atoms with Crippen LogP contribution in [-0.2, 0) is 22.7 Å². The van der Waals surface area contributed by atoms with Gasteiger partial charge in [-0.1, -0.05) is 105 Å². The summed E-state index contributed by atoms with van der Waals surface area (Å²) in [5, 5.41) is 0. The summed E-state index contributed by atoms with van der Waals surface area (Å²) in [6.45, 7) is 22.5. The zero-order valence-electron chi connectivity index (χ0n) is 27.7. The van der Waals surface area contributed by atoms with Gasteiger partial charge in [-0.15, -0.1) is 0 Å². The maximum atomic E-state index is 2.73. The van der Waals surface area contributed by atoms with E-state index >= 15 is 0 Å². The summed E-state index contributed by atoms with van der Waals surface area (Å²) in [5.74, 6) is 0. The molecule has 4 aromatic carbocycles. The van der Waals surface area contributed by atoms with Crippen LogP contribution in [0.5, 0.6) is 0 Å². The molecule has 7 rings (SSSR count). The van der Waals surface area contributed by atoms with Gasteiger partial charge >= 0.3 is 0 Å². The van der Waals surface area contributed by atoms with E-state index in [1.807, 2.05) is 0 Å². The molecule has 0 atom stereocenters. The number of hydrogen-bond donors (Lipinski definition) is 0. The van der Waals surface area contributed by atoms with Crippen molar-refractivity contribution in [2.24, 2.45) is 0 Å². The van der Waals surface area contributed by atoms with Gasteiger partial charge < -0.3 is 9.80 Å². The van der Waals surface area contributed by atoms with E-state index in [0.717, 1.165) is 13.0 Å². The van der Waals surface area contributed by atoms with Gasteiger partial charge in [0.25, 0.3) is 6.71 Å². The van der Waals surface area contributed by atoms with E-state index in [1.165, 1.54) is 74.4 Å². The monoisotopic (exact) mass is 566 g/mol. The third-order valence-electron chi connectivity index (χ3n) is 10.0. The van der Waals surface area contributed by atoms with Crippen LogP contribution in [0.1, 0.15) is 97.4 Å². The second kappa shape index (κ2) is 9.52. The van der Waals surface area contributed by atoms with Crippen molar-refractivity contribution in [3.8, 4) is 0 Å². The molecule has 0 spiro atoms. The Hall–Kier alpha value is -3.46. The lowest BCUT2D eigenvalue weighted by Gasteiger charge is -2.46. The first-order valence-electron chi connectivity index (χ1n) is 16.4. The first kappa shape index (κ1) is 28.3. The number of nitrogens with zero attached hydrogens (tertiary/aromatic N) is 2. The van der Waals surface area contributed by atoms with Gasteiger partial charge in [-0.2, -0.15) is 0 Å². The van der Waals surface area contributed by atoms with E-state index < -0.39 is 0 Å². The molecule has 43 heavy (non-hydrogen) atoms. The highest BCUT2D eigenvalue weighted by Gasteiger charge is 2.45. The molecule has 0 unspecified atom stereocenters. The summed E-state index contributed by atoms with van der Waals surface area (Å²) in [6, 6.07) is 28.4. The van der Waals surface area contributed by atoms with E-state index in [0.29, 0.717) is 0 Å². The molecule has 4 aromatic rings. The molecule has 0 N–H and O–H groups in total. The predicted molar refractivity (Wildman–Crippen MR) is 188 cm³/mol. The smallest absolute Gasteiger partial charge is 0.252 e. The standard InChI is InChI=1S/C40H47BN2/c1-38(2,3)26-18-20-31-33(23-26)43(28-15-11-10-12-16-28)35-25-27(39(4,5)6)24-34-36(35)41(31)32-21-19-30(40(7,8)9)29-17-13-14-22-42(34)37(29)32/h10-12,15-16,18-21,23-25H,13-14,17,22H2,1-9H3. The Morgan fingerprint density at radius 2 is 1.26 bits per heavy atom. The van der Waals surface area contributed by atoms with Crippen molar-refractivity contribution < 1.29 is 0 Å². The van der Waals surface area contributed by atoms with Crippen molar-refractivity contribution in [2.45, 2.75) is 97.8 Å². The lowest BCUT2D eigenvalue weighted by Crippen LogP contribution is -2.62. The first-order chi connectivity index (χ1) is 20.2. The second-order valence-corrected chi connectivity index (χ2v) is 16.2. The van der Waals surface area contributed by atoms with Crippen molar-refractivity contribution in [2.75, 3.05) is 16.3 Å². The molecule has 0 fully saturated rings. The van der Waals surface area contributed by atoms with Crippen LogP contribution in [0.15, 0.2) is 72.8 Å². The van der Waals surface area contributed by atoms with Gasteiger partial charge in [0.1, 0.15) is 0 Å². The number of para-hydroxylation sites is 1. The fourth-order valence-electron chi connectivity index (χ4n) is 7.76. The lowest BCUT2D eigenvalue weighted by atomic mass is 9.33. The average molecular weight is 567 g/mol. The molecular formula is C40H47BN2. The molecule has 0 saturated carbocycles. The van der Waals surface area contributed by atoms with Crippen molar-refractivity contribution in [3.05, 3.63) is 95.1 Å². The molecule has 220 valence electrons. The zero-order chi connectivity index (χ0) is 30.5. The summed E-state index contributed by atoms with van der Waals surface area (Å²) < 4.78 is 0. The molecule has 2 nitrogen and oxygen atoms in total. The Bertz CT molecular complexity index is 1730. The third kappa shape index (κ3) is 4.45. The molecule has 3 aliphatic heterocycles. The zero-order valence-corrected chi connectivity index (χ0v) is 27.7. The Labute approximate surface area is 260 Å². The van der Waals surface area contributed by atoms with E-state index in [9.17, 15) is 0 Å². The number of rotatable bonds is 1. The van der Waals surface area contributed by atoms with Crippen LogP contribution in [0.4, 0.5) is 28.4 Å². The first-order valence-corrected chi connectivity index (χ1v) is 16.4. The topological polar surface area (TPSA) is 6.48 Å². The minimum absolute atomic E-state index is 0.0269. The van der Waals surface area contributed by atoms with Crippen LogP contribution in [-0.4, -0.2) is 13.3 Å². The highest BCUT2D eigenvalue weighted by molar-refractivity contribution is 7.00. The molecule has 3 heteroatoms. The van der Waals surface area contributed by atoms with Crippen LogP contribution in [0.2, 0.25) is 0 Å². The van der Waals surface area contributed by atoms with E-state index in [1.54, 1.807) is 5.56 Å². The Morgan fingerprint density at radius 1 is 0.605 bits per heavy atom. The Balaban J connectivity index is 1.62. The highest BCUT2D eigenvalue weighted by Crippen LogP contribution is 2.47. The van der Waals surface area contributed by atoms with Gasteiger partial charge in [0, 0.05) is 35.0 Å². The Kier molecular flexibility index (Phi) is 6.27. The molecule has 0 radical (unpaired) electrons. The van der Waals surface area contributed by atoms with Gasteiger partial charge in [-0.25, -0.2) is 0 Å². The summed E-state index contributed by atoms with van der Waals surface area (Å²) in [4.78, 5) is 5.30. The Morgan fingerprint density at radius 3 is 1.93 bits per heavy atom. The molecule has 0 bridgehead atoms. The summed E-state index contributed by atoms with van der Waals surface area (Å²) in [5.41, 5.74) is 17.2. The molecule has 3 heterocycles. The van der Waals surface area contributed by atoms with Crippen LogP contribution < -0.4 is 26.2 Å². The number of benzene rings is 4. The maximum Gasteiger partial charge on any atom is 0.252 e. The fraction of sp³-hybridized carbons (Fsp3) is 0.400. The molecule has 0 amide bonds. The average Bonchev–Trinajstić information content (AvgIpc) is 3.17. The van der Waals surface area contributed by atoms with Gasteiger partial charge in [-0.3, -0.25) is 0 Å². The predicted octanol–water partition coefficient (Wildman–Crippen LogP) is 8.67. The third-order valence-corrected chi connectivity index (χ3v) is 10.0. The van der Waals surface area contributed by atoms with Gasteiger partial charge in [0.05, 0.1) is 0 Å². The van der Waals surface area contributed by atoms with E-state index in [4.69, 9.17) is 0 Å². The number of hydrogen-bond acceptors (Lipinski definition) is 2. The molecular weight excluding hydrogens is 519 g/mol. The molecule has 0 aliphatic carbocycles. The molecule has 0 saturated heterocycles. The van der Waals surface area contributed by atoms with Crippen molar-refractivity contribution >= 4 is 51.5 Å². The summed E-state index contributed by atoms with van der Waals surface area (Å²) in [7, 11) is 0. The number of fused-ring (bicyclic) bond motifs is 4. The minimum Gasteiger partial charge on any atom is -0.342 e. The lowest BCUT2D eigenvalue weighted by molar-refractivity contribution is 0.581. The van der Waals surface area contributed by atoms with Crippen molar-refractivity contribution in [1.29, 1.82) is 0 Å². The SMILES string of the molecule is CC(C)(C)c1ccc2c(c1)N(c1ccccc1)c1cc(C(C)(C)C)cc3c1B2c1ccc(C(C)(C)C)c2c1N3CCCC2. The van der Waals surface area contributed by atoms with E-state index in [-0.39, 0.29) is 23.0 Å². The molecule has 0 aromatic heterocycles. The van der Waals surface area contributed by atoms with Gasteiger partial charge in [0.2, 0.25) is 0 Å². The van der Waals surface area contributed by atoms with Crippen LogP contribution >= 0.6 is 0 Å². The summed E-state index contributed by atoms with van der Waals surface area (Å²) in [6.07, 6.45) is 3.61. The highest BCUT2D eigenvalue weighted by atomic mass is 15.2. The summed E-state index contributed by atoms with van der Waals surface area (Å²) >= 11 is 0. The van der Waals surface area contributed by atoms with Crippen molar-refractivity contribution in [3.63, 3.8) is 0 Å². The maximum absolute atomic E-state index is 2.73. The number of anilines is 5. The quantitative estimate of drug-likeness (QED) is 0.187. The van der Waals surface area contributed by atoms with Crippen molar-refractivity contribution in [1.82, 2.24) is 0 Å². The molecule has 3 aliphatic rings. The largest absolute Gasteiger partial charge is 0.342 e. The van der Waals surface area contributed by atoms with Gasteiger partial charge in [0.15, 0.2) is 0 Å². The van der Waals surface area contributed by atoms with Crippen LogP contribution in [0.25, 0.3) is 0 Å². The normalized spacial score (nSPS) is 16.0. The van der Waals surface area contributed by atoms with Crippen LogP contribution in [0, 0.1) is 0 Å². The minimum atomic E-state index is 0.0269. The fourth-order valence-corrected chi connectivity index (χ4v) is 7.76. The van der Waals surface area contributed by atoms with Gasteiger partial charge in [-0.05, 0) is 104 Å². The van der Waals surface area contributed by atoms with E-state index in [2.05, 4.69) is 145 Å². The second-order valence-electron chi connectivity index (χ2n) is 16.2.